The second-order valence-electron chi connectivity index (χ2n) is 6.92. The zero-order valence-electron chi connectivity index (χ0n) is 15.3. The lowest BCUT2D eigenvalue weighted by atomic mass is 9.95. The molecule has 2 aromatic heterocycles. The van der Waals surface area contributed by atoms with E-state index in [0.29, 0.717) is 5.69 Å². The first-order chi connectivity index (χ1) is 13.0. The summed E-state index contributed by atoms with van der Waals surface area (Å²) < 4.78 is 13.0. The van der Waals surface area contributed by atoms with Gasteiger partial charge < -0.3 is 10.2 Å². The Morgan fingerprint density at radius 2 is 1.89 bits per heavy atom. The first-order valence-corrected chi connectivity index (χ1v) is 9.86. The molecular weight excluding hydrogens is 363 g/mol. The fraction of sp³-hybridized carbons (Fsp3) is 0.350. The van der Waals surface area contributed by atoms with E-state index in [2.05, 4.69) is 34.0 Å². The van der Waals surface area contributed by atoms with E-state index < -0.39 is 0 Å². The number of nitrogens with one attached hydrogen (secondary N) is 1. The number of carbonyl (C=O) groups excluding carboxylic acids is 1. The van der Waals surface area contributed by atoms with E-state index in [1.807, 2.05) is 0 Å². The third-order valence-electron chi connectivity index (χ3n) is 5.22. The van der Waals surface area contributed by atoms with Gasteiger partial charge in [0.15, 0.2) is 0 Å². The molecule has 0 aliphatic carbocycles. The second kappa shape index (κ2) is 7.23. The van der Waals surface area contributed by atoms with E-state index >= 15 is 0 Å². The predicted molar refractivity (Wildman–Crippen MR) is 107 cm³/mol. The predicted octanol–water partition coefficient (Wildman–Crippen LogP) is 4.30. The second-order valence-corrected chi connectivity index (χ2v) is 8.12. The molecule has 7 heteroatoms. The number of nitrogens with zero attached hydrogens (tertiary/aromatic N) is 3. The molecule has 1 aromatic carbocycles. The van der Waals surface area contributed by atoms with Crippen LogP contribution in [0.1, 0.15) is 23.3 Å². The zero-order valence-corrected chi connectivity index (χ0v) is 16.1. The molecule has 0 saturated carbocycles. The standard InChI is InChI=1S/C20H21FN4OS/c1-12-13(2)27-20-17(12)18(22-11-23-20)25-9-7-14(8-10-25)19(26)24-16-5-3-15(21)4-6-16/h3-6,11,14H,7-10H2,1-2H3,(H,24,26). The fourth-order valence-corrected chi connectivity index (χ4v) is 4.53. The summed E-state index contributed by atoms with van der Waals surface area (Å²) in [7, 11) is 0. The molecule has 0 radical (unpaired) electrons. The Morgan fingerprint density at radius 1 is 1.19 bits per heavy atom. The highest BCUT2D eigenvalue weighted by Gasteiger charge is 2.27. The van der Waals surface area contributed by atoms with Gasteiger partial charge in [0, 0.05) is 29.6 Å². The van der Waals surface area contributed by atoms with E-state index in [1.54, 1.807) is 29.8 Å². The molecule has 140 valence electrons. The summed E-state index contributed by atoms with van der Waals surface area (Å²) in [6.07, 6.45) is 3.15. The molecule has 1 aliphatic rings. The number of hydrogen-bond donors (Lipinski definition) is 1. The number of fused-ring (bicyclic) bond motifs is 1. The van der Waals surface area contributed by atoms with Crippen LogP contribution in [-0.2, 0) is 4.79 Å². The SMILES string of the molecule is Cc1sc2ncnc(N3CCC(C(=O)Nc4ccc(F)cc4)CC3)c2c1C. The van der Waals surface area contributed by atoms with E-state index in [0.717, 1.165) is 42.0 Å². The summed E-state index contributed by atoms with van der Waals surface area (Å²) in [6.45, 7) is 5.78. The van der Waals surface area contributed by atoms with Gasteiger partial charge in [-0.05, 0) is 56.5 Å². The molecule has 4 rings (SSSR count). The molecule has 1 amide bonds. The average molecular weight is 384 g/mol. The lowest BCUT2D eigenvalue weighted by Gasteiger charge is -2.32. The van der Waals surface area contributed by atoms with Gasteiger partial charge in [-0.2, -0.15) is 0 Å². The van der Waals surface area contributed by atoms with Crippen molar-refractivity contribution in [2.75, 3.05) is 23.3 Å². The van der Waals surface area contributed by atoms with Crippen LogP contribution in [0.25, 0.3) is 10.2 Å². The van der Waals surface area contributed by atoms with Gasteiger partial charge in [-0.25, -0.2) is 14.4 Å². The number of rotatable bonds is 3. The van der Waals surface area contributed by atoms with Crippen LogP contribution in [0.2, 0.25) is 0 Å². The fourth-order valence-electron chi connectivity index (χ4n) is 3.53. The number of aryl methyl sites for hydroxylation is 2. The van der Waals surface area contributed by atoms with Gasteiger partial charge in [0.1, 0.15) is 22.8 Å². The average Bonchev–Trinajstić information content (AvgIpc) is 2.98. The first kappa shape index (κ1) is 17.9. The Hall–Kier alpha value is -2.54. The number of hydrogen-bond acceptors (Lipinski definition) is 5. The van der Waals surface area contributed by atoms with Gasteiger partial charge in [0.2, 0.25) is 5.91 Å². The smallest absolute Gasteiger partial charge is 0.227 e. The molecule has 0 unspecified atom stereocenters. The highest BCUT2D eigenvalue weighted by Crippen LogP contribution is 2.35. The van der Waals surface area contributed by atoms with Crippen molar-refractivity contribution in [3.05, 3.63) is 46.9 Å². The van der Waals surface area contributed by atoms with Crippen molar-refractivity contribution in [2.24, 2.45) is 5.92 Å². The van der Waals surface area contributed by atoms with Gasteiger partial charge in [-0.15, -0.1) is 11.3 Å². The van der Waals surface area contributed by atoms with Crippen LogP contribution in [0.5, 0.6) is 0 Å². The maximum Gasteiger partial charge on any atom is 0.227 e. The third-order valence-corrected chi connectivity index (χ3v) is 6.34. The lowest BCUT2D eigenvalue weighted by Crippen LogP contribution is -2.38. The molecule has 3 aromatic rings. The lowest BCUT2D eigenvalue weighted by molar-refractivity contribution is -0.120. The number of piperidine rings is 1. The number of anilines is 2. The third kappa shape index (κ3) is 3.51. The largest absolute Gasteiger partial charge is 0.356 e. The maximum atomic E-state index is 13.0. The van der Waals surface area contributed by atoms with E-state index in [4.69, 9.17) is 0 Å². The Labute approximate surface area is 161 Å². The number of halogens is 1. The van der Waals surface area contributed by atoms with E-state index in [1.165, 1.54) is 22.6 Å². The summed E-state index contributed by atoms with van der Waals surface area (Å²) in [5.41, 5.74) is 1.87. The van der Waals surface area contributed by atoms with Crippen LogP contribution >= 0.6 is 11.3 Å². The summed E-state index contributed by atoms with van der Waals surface area (Å²) >= 11 is 1.70. The zero-order chi connectivity index (χ0) is 19.0. The van der Waals surface area contributed by atoms with Crippen molar-refractivity contribution in [3.8, 4) is 0 Å². The van der Waals surface area contributed by atoms with Gasteiger partial charge in [0.05, 0.1) is 5.39 Å². The summed E-state index contributed by atoms with van der Waals surface area (Å²) in [5.74, 6) is 0.612. The summed E-state index contributed by atoms with van der Waals surface area (Å²) in [4.78, 5) is 26.0. The maximum absolute atomic E-state index is 13.0. The Morgan fingerprint density at radius 3 is 2.59 bits per heavy atom. The van der Waals surface area contributed by atoms with Crippen molar-refractivity contribution in [1.29, 1.82) is 0 Å². The van der Waals surface area contributed by atoms with Crippen LogP contribution in [0, 0.1) is 25.6 Å². The van der Waals surface area contributed by atoms with Gasteiger partial charge in [0.25, 0.3) is 0 Å². The highest BCUT2D eigenvalue weighted by molar-refractivity contribution is 7.18. The first-order valence-electron chi connectivity index (χ1n) is 9.05. The minimum absolute atomic E-state index is 0.00310. The Bertz CT molecular complexity index is 978. The molecule has 1 fully saturated rings. The molecule has 0 bridgehead atoms. The van der Waals surface area contributed by atoms with E-state index in [-0.39, 0.29) is 17.6 Å². The van der Waals surface area contributed by atoms with Crippen molar-refractivity contribution >= 4 is 39.0 Å². The molecule has 1 N–H and O–H groups in total. The topological polar surface area (TPSA) is 58.1 Å². The molecule has 1 saturated heterocycles. The monoisotopic (exact) mass is 384 g/mol. The number of benzene rings is 1. The van der Waals surface area contributed by atoms with Crippen LogP contribution < -0.4 is 10.2 Å². The van der Waals surface area contributed by atoms with Crippen LogP contribution in [0.3, 0.4) is 0 Å². The molecule has 0 atom stereocenters. The Kier molecular flexibility index (Phi) is 4.78. The van der Waals surface area contributed by atoms with Crippen LogP contribution in [0.4, 0.5) is 15.9 Å². The van der Waals surface area contributed by atoms with Crippen molar-refractivity contribution in [1.82, 2.24) is 9.97 Å². The van der Waals surface area contributed by atoms with Crippen LogP contribution in [-0.4, -0.2) is 29.0 Å². The van der Waals surface area contributed by atoms with Gasteiger partial charge >= 0.3 is 0 Å². The minimum atomic E-state index is -0.309. The van der Waals surface area contributed by atoms with E-state index in [9.17, 15) is 9.18 Å². The number of aromatic nitrogens is 2. The quantitative estimate of drug-likeness (QED) is 0.731. The summed E-state index contributed by atoms with van der Waals surface area (Å²) in [6, 6.07) is 5.87. The van der Waals surface area contributed by atoms with Crippen molar-refractivity contribution in [2.45, 2.75) is 26.7 Å². The van der Waals surface area contributed by atoms with Gasteiger partial charge in [-0.3, -0.25) is 4.79 Å². The Balaban J connectivity index is 1.45. The highest BCUT2D eigenvalue weighted by atomic mass is 32.1. The van der Waals surface area contributed by atoms with Crippen molar-refractivity contribution in [3.63, 3.8) is 0 Å². The van der Waals surface area contributed by atoms with Crippen molar-refractivity contribution < 1.29 is 9.18 Å². The molecule has 5 nitrogen and oxygen atoms in total. The number of thiophene rings is 1. The number of amides is 1. The summed E-state index contributed by atoms with van der Waals surface area (Å²) in [5, 5.41) is 4.02. The minimum Gasteiger partial charge on any atom is -0.356 e. The normalized spacial score (nSPS) is 15.3. The molecule has 0 spiro atoms. The molecule has 3 heterocycles. The number of carbonyl (C=O) groups is 1. The molecule has 27 heavy (non-hydrogen) atoms. The van der Waals surface area contributed by atoms with Gasteiger partial charge in [-0.1, -0.05) is 0 Å². The molecular formula is C20H21FN4OS. The molecule has 1 aliphatic heterocycles. The van der Waals surface area contributed by atoms with Crippen LogP contribution in [0.15, 0.2) is 30.6 Å².